The van der Waals surface area contributed by atoms with Crippen molar-refractivity contribution in [1.29, 1.82) is 0 Å². The van der Waals surface area contributed by atoms with E-state index in [1.54, 1.807) is 24.3 Å². The fourth-order valence-electron chi connectivity index (χ4n) is 1.42. The molecule has 0 bridgehead atoms. The molecule has 0 atom stereocenters. The average molecular weight is 205 g/mol. The van der Waals surface area contributed by atoms with Crippen LogP contribution in [0.15, 0.2) is 42.5 Å². The van der Waals surface area contributed by atoms with Gasteiger partial charge in [0.2, 0.25) is 0 Å². The van der Waals surface area contributed by atoms with E-state index in [1.807, 2.05) is 0 Å². The Bertz CT molecular complexity index is 457. The van der Waals surface area contributed by atoms with E-state index in [0.29, 0.717) is 11.3 Å². The van der Waals surface area contributed by atoms with Crippen LogP contribution in [0.4, 0.5) is 14.5 Å². The van der Waals surface area contributed by atoms with Crippen LogP contribution >= 0.6 is 0 Å². The lowest BCUT2D eigenvalue weighted by atomic mass is 10.0. The normalized spacial score (nSPS) is 10.3. The van der Waals surface area contributed by atoms with Crippen molar-refractivity contribution in [3.63, 3.8) is 0 Å². The van der Waals surface area contributed by atoms with Crippen molar-refractivity contribution >= 4 is 5.69 Å². The fourth-order valence-corrected chi connectivity index (χ4v) is 1.42. The molecule has 3 heteroatoms. The average Bonchev–Trinajstić information content (AvgIpc) is 2.20. The highest BCUT2D eigenvalue weighted by molar-refractivity contribution is 5.66. The van der Waals surface area contributed by atoms with E-state index < -0.39 is 11.6 Å². The van der Waals surface area contributed by atoms with E-state index in [4.69, 9.17) is 5.73 Å². The molecule has 0 aliphatic carbocycles. The maximum Gasteiger partial charge on any atom is 0.133 e. The Kier molecular flexibility index (Phi) is 2.37. The summed E-state index contributed by atoms with van der Waals surface area (Å²) >= 11 is 0. The monoisotopic (exact) mass is 205 g/mol. The number of benzene rings is 2. The third-order valence-corrected chi connectivity index (χ3v) is 2.16. The van der Waals surface area contributed by atoms with Crippen LogP contribution in [0.5, 0.6) is 0 Å². The SMILES string of the molecule is Nc1ccc(-c2c(F)cccc2F)cc1. The molecule has 0 aliphatic heterocycles. The first-order valence-electron chi connectivity index (χ1n) is 4.48. The molecule has 76 valence electrons. The molecule has 0 saturated heterocycles. The Hall–Kier alpha value is -1.90. The number of nitrogens with two attached hydrogens (primary N) is 1. The molecule has 0 unspecified atom stereocenters. The lowest BCUT2D eigenvalue weighted by molar-refractivity contribution is 0.589. The third-order valence-electron chi connectivity index (χ3n) is 2.16. The summed E-state index contributed by atoms with van der Waals surface area (Å²) in [4.78, 5) is 0. The number of rotatable bonds is 1. The molecule has 2 aromatic rings. The molecule has 0 spiro atoms. The number of hydrogen-bond donors (Lipinski definition) is 1. The van der Waals surface area contributed by atoms with Crippen LogP contribution in [0.3, 0.4) is 0 Å². The second-order valence-electron chi connectivity index (χ2n) is 3.22. The molecular formula is C12H9F2N. The van der Waals surface area contributed by atoms with Gasteiger partial charge in [0.15, 0.2) is 0 Å². The first-order valence-corrected chi connectivity index (χ1v) is 4.48. The van der Waals surface area contributed by atoms with Crippen LogP contribution in [0.1, 0.15) is 0 Å². The Morgan fingerprint density at radius 1 is 0.800 bits per heavy atom. The smallest absolute Gasteiger partial charge is 0.133 e. The minimum atomic E-state index is -0.570. The summed E-state index contributed by atoms with van der Waals surface area (Å²) in [5, 5.41) is 0. The van der Waals surface area contributed by atoms with Gasteiger partial charge in [-0.15, -0.1) is 0 Å². The van der Waals surface area contributed by atoms with Gasteiger partial charge in [0.05, 0.1) is 5.56 Å². The molecule has 0 amide bonds. The molecule has 0 aromatic heterocycles. The summed E-state index contributed by atoms with van der Waals surface area (Å²) in [5.41, 5.74) is 6.53. The van der Waals surface area contributed by atoms with Gasteiger partial charge in [-0.3, -0.25) is 0 Å². The predicted molar refractivity (Wildman–Crippen MR) is 56.2 cm³/mol. The highest BCUT2D eigenvalue weighted by Crippen LogP contribution is 2.26. The van der Waals surface area contributed by atoms with Gasteiger partial charge in [0.1, 0.15) is 11.6 Å². The molecule has 2 rings (SSSR count). The maximum atomic E-state index is 13.4. The van der Waals surface area contributed by atoms with Crippen LogP contribution in [0, 0.1) is 11.6 Å². The van der Waals surface area contributed by atoms with Gasteiger partial charge in [0.25, 0.3) is 0 Å². The van der Waals surface area contributed by atoms with Gasteiger partial charge in [-0.05, 0) is 29.8 Å². The van der Waals surface area contributed by atoms with Gasteiger partial charge in [-0.2, -0.15) is 0 Å². The number of halogens is 2. The Labute approximate surface area is 86.2 Å². The summed E-state index contributed by atoms with van der Waals surface area (Å²) in [6, 6.07) is 10.2. The summed E-state index contributed by atoms with van der Waals surface area (Å²) in [7, 11) is 0. The van der Waals surface area contributed by atoms with Gasteiger partial charge < -0.3 is 5.73 Å². The standard InChI is InChI=1S/C12H9F2N/c13-10-2-1-3-11(14)12(10)8-4-6-9(15)7-5-8/h1-7H,15H2. The summed E-state index contributed by atoms with van der Waals surface area (Å²) in [6.07, 6.45) is 0. The number of nitrogen functional groups attached to an aromatic ring is 1. The van der Waals surface area contributed by atoms with Crippen LogP contribution in [0.2, 0.25) is 0 Å². The molecule has 0 heterocycles. The topological polar surface area (TPSA) is 26.0 Å². The first kappa shape index (κ1) is 9.65. The van der Waals surface area contributed by atoms with Crippen molar-refractivity contribution < 1.29 is 8.78 Å². The molecule has 2 aromatic carbocycles. The van der Waals surface area contributed by atoms with E-state index in [-0.39, 0.29) is 5.56 Å². The van der Waals surface area contributed by atoms with E-state index in [1.165, 1.54) is 18.2 Å². The van der Waals surface area contributed by atoms with E-state index >= 15 is 0 Å². The molecule has 0 radical (unpaired) electrons. The molecule has 0 aliphatic rings. The molecule has 1 nitrogen and oxygen atoms in total. The Balaban J connectivity index is 2.58. The largest absolute Gasteiger partial charge is 0.399 e. The predicted octanol–water partition coefficient (Wildman–Crippen LogP) is 3.21. The van der Waals surface area contributed by atoms with Crippen molar-refractivity contribution in [2.45, 2.75) is 0 Å². The van der Waals surface area contributed by atoms with Crippen molar-refractivity contribution in [1.82, 2.24) is 0 Å². The van der Waals surface area contributed by atoms with Crippen LogP contribution in [-0.4, -0.2) is 0 Å². The van der Waals surface area contributed by atoms with Crippen LogP contribution in [0.25, 0.3) is 11.1 Å². The molecule has 0 saturated carbocycles. The quantitative estimate of drug-likeness (QED) is 0.711. The minimum absolute atomic E-state index is 0.0162. The summed E-state index contributed by atoms with van der Waals surface area (Å²) in [5.74, 6) is -1.14. The zero-order chi connectivity index (χ0) is 10.8. The molecule has 2 N–H and O–H groups in total. The van der Waals surface area contributed by atoms with Crippen molar-refractivity contribution in [3.05, 3.63) is 54.1 Å². The van der Waals surface area contributed by atoms with E-state index in [2.05, 4.69) is 0 Å². The molecule has 15 heavy (non-hydrogen) atoms. The van der Waals surface area contributed by atoms with Crippen LogP contribution in [-0.2, 0) is 0 Å². The summed E-state index contributed by atoms with van der Waals surface area (Å²) < 4.78 is 26.7. The highest BCUT2D eigenvalue weighted by Gasteiger charge is 2.09. The van der Waals surface area contributed by atoms with E-state index in [9.17, 15) is 8.78 Å². The molecular weight excluding hydrogens is 196 g/mol. The number of anilines is 1. The van der Waals surface area contributed by atoms with Gasteiger partial charge in [-0.1, -0.05) is 18.2 Å². The fraction of sp³-hybridized carbons (Fsp3) is 0. The lowest BCUT2D eigenvalue weighted by Crippen LogP contribution is -1.90. The zero-order valence-electron chi connectivity index (χ0n) is 7.87. The van der Waals surface area contributed by atoms with Crippen molar-refractivity contribution in [3.8, 4) is 11.1 Å². The Morgan fingerprint density at radius 2 is 1.33 bits per heavy atom. The number of hydrogen-bond acceptors (Lipinski definition) is 1. The lowest BCUT2D eigenvalue weighted by Gasteiger charge is -2.04. The maximum absolute atomic E-state index is 13.4. The van der Waals surface area contributed by atoms with Gasteiger partial charge in [0, 0.05) is 5.69 Å². The van der Waals surface area contributed by atoms with E-state index in [0.717, 1.165) is 0 Å². The van der Waals surface area contributed by atoms with Crippen molar-refractivity contribution in [2.75, 3.05) is 5.73 Å². The zero-order valence-corrected chi connectivity index (χ0v) is 7.87. The summed E-state index contributed by atoms with van der Waals surface area (Å²) in [6.45, 7) is 0. The molecule has 0 fully saturated rings. The van der Waals surface area contributed by atoms with Gasteiger partial charge in [-0.25, -0.2) is 8.78 Å². The highest BCUT2D eigenvalue weighted by atomic mass is 19.1. The second-order valence-corrected chi connectivity index (χ2v) is 3.22. The Morgan fingerprint density at radius 3 is 1.87 bits per heavy atom. The van der Waals surface area contributed by atoms with Gasteiger partial charge >= 0.3 is 0 Å². The first-order chi connectivity index (χ1) is 7.18. The van der Waals surface area contributed by atoms with Crippen molar-refractivity contribution in [2.24, 2.45) is 0 Å². The third kappa shape index (κ3) is 1.81. The minimum Gasteiger partial charge on any atom is -0.399 e. The second kappa shape index (κ2) is 3.69. The van der Waals surface area contributed by atoms with Crippen LogP contribution < -0.4 is 5.73 Å².